The van der Waals surface area contributed by atoms with Crippen LogP contribution < -0.4 is 0 Å². The van der Waals surface area contributed by atoms with Gasteiger partial charge in [-0.1, -0.05) is 12.1 Å². The number of aromatic nitrogens is 4. The van der Waals surface area contributed by atoms with Crippen molar-refractivity contribution in [3.05, 3.63) is 60.7 Å². The van der Waals surface area contributed by atoms with Crippen molar-refractivity contribution in [2.45, 2.75) is 23.8 Å². The second kappa shape index (κ2) is 7.40. The molecule has 1 aromatic carbocycles. The summed E-state index contributed by atoms with van der Waals surface area (Å²) in [5.41, 5.74) is 1.45. The van der Waals surface area contributed by atoms with E-state index >= 15 is 0 Å². The van der Waals surface area contributed by atoms with Crippen LogP contribution in [0, 0.1) is 5.82 Å². The molecule has 0 amide bonds. The van der Waals surface area contributed by atoms with Crippen LogP contribution in [0.2, 0.25) is 0 Å². The van der Waals surface area contributed by atoms with Gasteiger partial charge in [0.15, 0.2) is 5.03 Å². The average Bonchev–Trinajstić information content (AvgIpc) is 3.16. The van der Waals surface area contributed by atoms with Crippen LogP contribution >= 0.6 is 0 Å². The molecule has 3 heterocycles. The lowest BCUT2D eigenvalue weighted by atomic mass is 9.92. The number of nitrogens with zero attached hydrogens (tertiary/aromatic N) is 5. The van der Waals surface area contributed by atoms with E-state index in [1.165, 1.54) is 29.1 Å². The third kappa shape index (κ3) is 3.43. The summed E-state index contributed by atoms with van der Waals surface area (Å²) >= 11 is 0. The molecule has 2 aromatic heterocycles. The van der Waals surface area contributed by atoms with E-state index in [1.54, 1.807) is 36.0 Å². The number of benzene rings is 1. The van der Waals surface area contributed by atoms with Gasteiger partial charge in [-0.15, -0.1) is 0 Å². The molecular weight excluding hydrogens is 381 g/mol. The lowest BCUT2D eigenvalue weighted by molar-refractivity contribution is 0.312. The zero-order valence-electron chi connectivity index (χ0n) is 15.4. The second-order valence-corrected chi connectivity index (χ2v) is 8.73. The summed E-state index contributed by atoms with van der Waals surface area (Å²) in [5.74, 6) is -0.548. The summed E-state index contributed by atoms with van der Waals surface area (Å²) in [5, 5.41) is 0.0316. The van der Waals surface area contributed by atoms with Crippen LogP contribution in [0.4, 0.5) is 4.39 Å². The Balaban J connectivity index is 1.67. The Bertz CT molecular complexity index is 1100. The van der Waals surface area contributed by atoms with E-state index in [0.717, 1.165) is 6.42 Å². The first-order valence-electron chi connectivity index (χ1n) is 9.01. The third-order valence-electron chi connectivity index (χ3n) is 4.91. The van der Waals surface area contributed by atoms with Gasteiger partial charge in [0, 0.05) is 50.2 Å². The highest BCUT2D eigenvalue weighted by Gasteiger charge is 2.34. The zero-order chi connectivity index (χ0) is 19.7. The van der Waals surface area contributed by atoms with Crippen LogP contribution in [0.1, 0.15) is 24.5 Å². The Hall–Kier alpha value is -2.65. The lowest BCUT2D eigenvalue weighted by Crippen LogP contribution is -2.39. The van der Waals surface area contributed by atoms with Crippen LogP contribution in [0.25, 0.3) is 11.3 Å². The highest BCUT2D eigenvalue weighted by Crippen LogP contribution is 2.34. The van der Waals surface area contributed by atoms with E-state index in [2.05, 4.69) is 15.0 Å². The van der Waals surface area contributed by atoms with E-state index in [9.17, 15) is 12.8 Å². The predicted molar refractivity (Wildman–Crippen MR) is 101 cm³/mol. The van der Waals surface area contributed by atoms with E-state index in [-0.39, 0.29) is 23.3 Å². The summed E-state index contributed by atoms with van der Waals surface area (Å²) < 4.78 is 43.2. The zero-order valence-corrected chi connectivity index (χ0v) is 16.2. The van der Waals surface area contributed by atoms with Crippen LogP contribution in [0.5, 0.6) is 0 Å². The maximum atomic E-state index is 14.3. The standard InChI is InChI=1S/C19H20FN5O2S/c1-24-12-17(23-13-24)28(26,27)25-10-4-5-14(11-25)18-19(22-9-8-21-18)15-6-2-3-7-16(15)20/h2-3,6-9,12-14H,4-5,10-11H2,1H3/t14-/m1/s1. The van der Waals surface area contributed by atoms with E-state index in [1.807, 2.05) is 0 Å². The molecule has 1 aliphatic heterocycles. The van der Waals surface area contributed by atoms with Crippen molar-refractivity contribution in [3.8, 4) is 11.3 Å². The summed E-state index contributed by atoms with van der Waals surface area (Å²) in [7, 11) is -1.96. The number of hydrogen-bond acceptors (Lipinski definition) is 5. The van der Waals surface area contributed by atoms with Crippen LogP contribution in [0.3, 0.4) is 0 Å². The molecule has 1 atom stereocenters. The summed E-state index contributed by atoms with van der Waals surface area (Å²) in [6.07, 6.45) is 7.49. The van der Waals surface area contributed by atoms with E-state index in [4.69, 9.17) is 0 Å². The fourth-order valence-corrected chi connectivity index (χ4v) is 5.04. The van der Waals surface area contributed by atoms with Gasteiger partial charge in [-0.3, -0.25) is 9.97 Å². The summed E-state index contributed by atoms with van der Waals surface area (Å²) in [6.45, 7) is 0.684. The smallest absolute Gasteiger partial charge is 0.262 e. The van der Waals surface area contributed by atoms with Gasteiger partial charge in [0.2, 0.25) is 0 Å². The Morgan fingerprint density at radius 3 is 2.68 bits per heavy atom. The average molecular weight is 401 g/mol. The number of halogens is 1. The van der Waals surface area contributed by atoms with Crippen LogP contribution in [-0.2, 0) is 17.1 Å². The minimum atomic E-state index is -3.69. The van der Waals surface area contributed by atoms with Gasteiger partial charge < -0.3 is 4.57 Å². The topological polar surface area (TPSA) is 81.0 Å². The van der Waals surface area contributed by atoms with Gasteiger partial charge in [0.1, 0.15) is 5.82 Å². The first kappa shape index (κ1) is 18.7. The third-order valence-corrected chi connectivity index (χ3v) is 6.66. The minimum absolute atomic E-state index is 0.0316. The number of piperidine rings is 1. The second-order valence-electron chi connectivity index (χ2n) is 6.85. The molecular formula is C19H20FN5O2S. The monoisotopic (exact) mass is 401 g/mol. The number of aryl methyl sites for hydroxylation is 1. The van der Waals surface area contributed by atoms with E-state index in [0.29, 0.717) is 29.9 Å². The van der Waals surface area contributed by atoms with Gasteiger partial charge in [0.05, 0.1) is 17.7 Å². The van der Waals surface area contributed by atoms with Gasteiger partial charge in [0.25, 0.3) is 10.0 Å². The molecule has 0 bridgehead atoms. The largest absolute Gasteiger partial charge is 0.339 e. The molecule has 1 fully saturated rings. The highest BCUT2D eigenvalue weighted by molar-refractivity contribution is 7.89. The Labute approximate surface area is 162 Å². The van der Waals surface area contributed by atoms with Crippen molar-refractivity contribution in [2.24, 2.45) is 7.05 Å². The molecule has 0 spiro atoms. The molecule has 4 rings (SSSR count). The van der Waals surface area contributed by atoms with Crippen molar-refractivity contribution in [1.82, 2.24) is 23.8 Å². The van der Waals surface area contributed by atoms with Gasteiger partial charge in [-0.2, -0.15) is 4.31 Å². The maximum Gasteiger partial charge on any atom is 0.262 e. The van der Waals surface area contributed by atoms with Crippen LogP contribution in [0.15, 0.2) is 54.2 Å². The molecule has 0 saturated carbocycles. The molecule has 7 nitrogen and oxygen atoms in total. The fourth-order valence-electron chi connectivity index (χ4n) is 3.55. The number of hydrogen-bond donors (Lipinski definition) is 0. The molecule has 1 aliphatic rings. The normalized spacial score (nSPS) is 18.3. The summed E-state index contributed by atoms with van der Waals surface area (Å²) in [6, 6.07) is 6.41. The molecule has 0 radical (unpaired) electrons. The van der Waals surface area contributed by atoms with Gasteiger partial charge in [-0.05, 0) is 25.0 Å². The first-order chi connectivity index (χ1) is 13.5. The number of rotatable bonds is 4. The van der Waals surface area contributed by atoms with Gasteiger partial charge in [-0.25, -0.2) is 17.8 Å². The highest BCUT2D eigenvalue weighted by atomic mass is 32.2. The van der Waals surface area contributed by atoms with Gasteiger partial charge >= 0.3 is 0 Å². The van der Waals surface area contributed by atoms with Crippen LogP contribution in [-0.4, -0.2) is 45.3 Å². The van der Waals surface area contributed by atoms with E-state index < -0.39 is 10.0 Å². The Morgan fingerprint density at radius 2 is 1.93 bits per heavy atom. The molecule has 28 heavy (non-hydrogen) atoms. The first-order valence-corrected chi connectivity index (χ1v) is 10.4. The lowest BCUT2D eigenvalue weighted by Gasteiger charge is -2.31. The molecule has 1 saturated heterocycles. The Kier molecular flexibility index (Phi) is 4.94. The minimum Gasteiger partial charge on any atom is -0.339 e. The Morgan fingerprint density at radius 1 is 1.14 bits per heavy atom. The van der Waals surface area contributed by atoms with Crippen molar-refractivity contribution in [3.63, 3.8) is 0 Å². The quantitative estimate of drug-likeness (QED) is 0.671. The SMILES string of the molecule is Cn1cnc(S(=O)(=O)N2CCC[C@@H](c3nccnc3-c3ccccc3F)C2)c1. The predicted octanol–water partition coefficient (Wildman–Crippen LogP) is 2.58. The summed E-state index contributed by atoms with van der Waals surface area (Å²) in [4.78, 5) is 12.8. The van der Waals surface area contributed by atoms with Crippen molar-refractivity contribution in [2.75, 3.05) is 13.1 Å². The van der Waals surface area contributed by atoms with Crippen molar-refractivity contribution < 1.29 is 12.8 Å². The van der Waals surface area contributed by atoms with Crippen molar-refractivity contribution >= 4 is 10.0 Å². The molecule has 146 valence electrons. The maximum absolute atomic E-state index is 14.3. The van der Waals surface area contributed by atoms with Crippen molar-refractivity contribution in [1.29, 1.82) is 0 Å². The number of imidazole rings is 1. The molecule has 0 N–H and O–H groups in total. The molecule has 9 heteroatoms. The fraction of sp³-hybridized carbons (Fsp3) is 0.316. The number of sulfonamides is 1. The molecule has 3 aromatic rings. The molecule has 0 unspecified atom stereocenters. The molecule has 0 aliphatic carbocycles.